The lowest BCUT2D eigenvalue weighted by molar-refractivity contribution is -0.120. The Morgan fingerprint density at radius 1 is 1.60 bits per heavy atom. The molecule has 80 valence electrons. The molecule has 1 amide bonds. The second-order valence-corrected chi connectivity index (χ2v) is 4.26. The zero-order chi connectivity index (χ0) is 11.3. The lowest BCUT2D eigenvalue weighted by Gasteiger charge is -2.06. The number of carbonyl (C=O) groups excluding carboxylic acids is 1. The molecule has 2 nitrogen and oxygen atoms in total. The smallest absolute Gasteiger partial charge is 0.224 e. The highest BCUT2D eigenvalue weighted by atomic mass is 79.9. The third kappa shape index (κ3) is 3.88. The molecule has 1 aromatic carbocycles. The van der Waals surface area contributed by atoms with Gasteiger partial charge in [0, 0.05) is 11.0 Å². The molecule has 0 fully saturated rings. The Balaban J connectivity index is 2.67. The van der Waals surface area contributed by atoms with E-state index in [0.29, 0.717) is 13.0 Å². The first-order valence-corrected chi connectivity index (χ1v) is 5.55. The minimum Gasteiger partial charge on any atom is -0.352 e. The van der Waals surface area contributed by atoms with Gasteiger partial charge in [0.15, 0.2) is 0 Å². The Bertz CT molecular complexity index is 374. The van der Waals surface area contributed by atoms with Crippen LogP contribution in [0.2, 0.25) is 0 Å². The summed E-state index contributed by atoms with van der Waals surface area (Å²) in [4.78, 5) is 11.5. The zero-order valence-corrected chi connectivity index (χ0v) is 10.3. The third-order valence-corrected chi connectivity index (χ3v) is 2.60. The SMILES string of the molecule is C=CCNC(=O)Cc1cc(Br)ccc1C. The summed E-state index contributed by atoms with van der Waals surface area (Å²) in [7, 11) is 0. The van der Waals surface area contributed by atoms with E-state index in [1.54, 1.807) is 6.08 Å². The molecule has 3 heteroatoms. The lowest BCUT2D eigenvalue weighted by Crippen LogP contribution is -2.25. The molecule has 0 aliphatic rings. The van der Waals surface area contributed by atoms with Crippen molar-refractivity contribution in [3.05, 3.63) is 46.5 Å². The van der Waals surface area contributed by atoms with E-state index in [0.717, 1.165) is 15.6 Å². The standard InChI is InChI=1S/C12H14BrNO/c1-3-6-14-12(15)8-10-7-11(13)5-4-9(10)2/h3-5,7H,1,6,8H2,2H3,(H,14,15). The van der Waals surface area contributed by atoms with Gasteiger partial charge in [-0.05, 0) is 30.2 Å². The predicted molar refractivity (Wildman–Crippen MR) is 65.8 cm³/mol. The zero-order valence-electron chi connectivity index (χ0n) is 8.72. The lowest BCUT2D eigenvalue weighted by atomic mass is 10.1. The van der Waals surface area contributed by atoms with E-state index in [1.165, 1.54) is 0 Å². The Labute approximate surface area is 98.5 Å². The van der Waals surface area contributed by atoms with Gasteiger partial charge in [-0.2, -0.15) is 0 Å². The van der Waals surface area contributed by atoms with Crippen LogP contribution in [0.15, 0.2) is 35.3 Å². The molecule has 0 bridgehead atoms. The normalized spacial score (nSPS) is 9.73. The van der Waals surface area contributed by atoms with Crippen LogP contribution in [0.3, 0.4) is 0 Å². The van der Waals surface area contributed by atoms with Crippen LogP contribution in [-0.4, -0.2) is 12.5 Å². The fourth-order valence-corrected chi connectivity index (χ4v) is 1.66. The molecule has 0 aliphatic heterocycles. The van der Waals surface area contributed by atoms with E-state index in [2.05, 4.69) is 27.8 Å². The molecule has 0 saturated heterocycles. The van der Waals surface area contributed by atoms with Crippen molar-refractivity contribution in [1.82, 2.24) is 5.32 Å². The molecule has 0 unspecified atom stereocenters. The van der Waals surface area contributed by atoms with Crippen LogP contribution in [0, 0.1) is 6.92 Å². The number of hydrogen-bond donors (Lipinski definition) is 1. The van der Waals surface area contributed by atoms with Crippen molar-refractivity contribution < 1.29 is 4.79 Å². The second-order valence-electron chi connectivity index (χ2n) is 3.34. The van der Waals surface area contributed by atoms with E-state index < -0.39 is 0 Å². The van der Waals surface area contributed by atoms with E-state index in [9.17, 15) is 4.79 Å². The number of amides is 1. The minimum absolute atomic E-state index is 0.0242. The van der Waals surface area contributed by atoms with Crippen molar-refractivity contribution in [2.24, 2.45) is 0 Å². The van der Waals surface area contributed by atoms with Gasteiger partial charge in [0.05, 0.1) is 6.42 Å². The quantitative estimate of drug-likeness (QED) is 0.835. The van der Waals surface area contributed by atoms with Gasteiger partial charge >= 0.3 is 0 Å². The van der Waals surface area contributed by atoms with E-state index in [1.807, 2.05) is 25.1 Å². The average Bonchev–Trinajstić information content (AvgIpc) is 2.20. The summed E-state index contributed by atoms with van der Waals surface area (Å²) >= 11 is 3.39. The molecule has 0 aromatic heterocycles. The highest BCUT2D eigenvalue weighted by Crippen LogP contribution is 2.16. The summed E-state index contributed by atoms with van der Waals surface area (Å²) in [6.07, 6.45) is 2.09. The van der Waals surface area contributed by atoms with Gasteiger partial charge in [0.2, 0.25) is 5.91 Å². The van der Waals surface area contributed by atoms with E-state index >= 15 is 0 Å². The highest BCUT2D eigenvalue weighted by Gasteiger charge is 2.05. The Kier molecular flexibility index (Phi) is 4.56. The largest absolute Gasteiger partial charge is 0.352 e. The molecule has 0 spiro atoms. The van der Waals surface area contributed by atoms with Crippen LogP contribution in [0.4, 0.5) is 0 Å². The van der Waals surface area contributed by atoms with Gasteiger partial charge < -0.3 is 5.32 Å². The van der Waals surface area contributed by atoms with Crippen LogP contribution in [-0.2, 0) is 11.2 Å². The van der Waals surface area contributed by atoms with E-state index in [4.69, 9.17) is 0 Å². The molecular formula is C12H14BrNO. The number of rotatable bonds is 4. The fourth-order valence-electron chi connectivity index (χ4n) is 1.25. The van der Waals surface area contributed by atoms with Crippen molar-refractivity contribution in [3.63, 3.8) is 0 Å². The molecule has 0 radical (unpaired) electrons. The van der Waals surface area contributed by atoms with Gasteiger partial charge in [-0.3, -0.25) is 4.79 Å². The second kappa shape index (κ2) is 5.71. The first-order valence-electron chi connectivity index (χ1n) is 4.76. The molecule has 0 saturated carbocycles. The maximum atomic E-state index is 11.5. The van der Waals surface area contributed by atoms with Crippen LogP contribution < -0.4 is 5.32 Å². The Hall–Kier alpha value is -1.09. The number of nitrogens with one attached hydrogen (secondary N) is 1. The molecule has 1 N–H and O–H groups in total. The monoisotopic (exact) mass is 267 g/mol. The summed E-state index contributed by atoms with van der Waals surface area (Å²) in [6.45, 7) is 6.07. The molecule has 0 atom stereocenters. The summed E-state index contributed by atoms with van der Waals surface area (Å²) in [6, 6.07) is 5.95. The summed E-state index contributed by atoms with van der Waals surface area (Å²) < 4.78 is 1.000. The summed E-state index contributed by atoms with van der Waals surface area (Å²) in [5.41, 5.74) is 2.18. The van der Waals surface area contributed by atoms with Crippen molar-refractivity contribution in [2.75, 3.05) is 6.54 Å². The van der Waals surface area contributed by atoms with Crippen molar-refractivity contribution >= 4 is 21.8 Å². The van der Waals surface area contributed by atoms with Gasteiger partial charge in [-0.15, -0.1) is 6.58 Å². The van der Waals surface area contributed by atoms with Gasteiger partial charge in [0.1, 0.15) is 0 Å². The molecule has 15 heavy (non-hydrogen) atoms. The fraction of sp³-hybridized carbons (Fsp3) is 0.250. The predicted octanol–water partition coefficient (Wildman–Crippen LogP) is 2.60. The van der Waals surface area contributed by atoms with Crippen molar-refractivity contribution in [2.45, 2.75) is 13.3 Å². The number of carbonyl (C=O) groups is 1. The minimum atomic E-state index is 0.0242. The van der Waals surface area contributed by atoms with Gasteiger partial charge in [-0.25, -0.2) is 0 Å². The molecule has 0 heterocycles. The number of hydrogen-bond acceptors (Lipinski definition) is 1. The summed E-state index contributed by atoms with van der Waals surface area (Å²) in [5.74, 6) is 0.0242. The van der Waals surface area contributed by atoms with Crippen LogP contribution >= 0.6 is 15.9 Å². The first kappa shape index (κ1) is 12.0. The Morgan fingerprint density at radius 2 is 2.33 bits per heavy atom. The molecule has 1 aromatic rings. The number of benzene rings is 1. The molecule has 1 rings (SSSR count). The third-order valence-electron chi connectivity index (χ3n) is 2.11. The van der Waals surface area contributed by atoms with E-state index in [-0.39, 0.29) is 5.91 Å². The molecular weight excluding hydrogens is 254 g/mol. The van der Waals surface area contributed by atoms with Crippen LogP contribution in [0.1, 0.15) is 11.1 Å². The van der Waals surface area contributed by atoms with Crippen LogP contribution in [0.5, 0.6) is 0 Å². The van der Waals surface area contributed by atoms with Crippen molar-refractivity contribution in [3.8, 4) is 0 Å². The summed E-state index contributed by atoms with van der Waals surface area (Å²) in [5, 5.41) is 2.76. The average molecular weight is 268 g/mol. The first-order chi connectivity index (χ1) is 7.13. The van der Waals surface area contributed by atoms with Gasteiger partial charge in [0.25, 0.3) is 0 Å². The van der Waals surface area contributed by atoms with Crippen LogP contribution in [0.25, 0.3) is 0 Å². The number of aryl methyl sites for hydroxylation is 1. The maximum Gasteiger partial charge on any atom is 0.224 e. The van der Waals surface area contributed by atoms with Gasteiger partial charge in [-0.1, -0.05) is 28.1 Å². The molecule has 0 aliphatic carbocycles. The Morgan fingerprint density at radius 3 is 3.00 bits per heavy atom. The number of halogens is 1. The topological polar surface area (TPSA) is 29.1 Å². The maximum absolute atomic E-state index is 11.5. The van der Waals surface area contributed by atoms with Crippen molar-refractivity contribution in [1.29, 1.82) is 0 Å². The highest BCUT2D eigenvalue weighted by molar-refractivity contribution is 9.10.